The number of aliphatic carboxylic acids is 1. The Balaban J connectivity index is 2.90. The van der Waals surface area contributed by atoms with Crippen molar-refractivity contribution in [1.29, 1.82) is 0 Å². The summed E-state index contributed by atoms with van der Waals surface area (Å²) >= 11 is 0. The monoisotopic (exact) mass is 315 g/mol. The summed E-state index contributed by atoms with van der Waals surface area (Å²) in [6.07, 6.45) is -3.75. The molecule has 0 aliphatic heterocycles. The van der Waals surface area contributed by atoms with E-state index < -0.39 is 36.2 Å². The molecule has 0 radical (unpaired) electrons. The van der Waals surface area contributed by atoms with Gasteiger partial charge in [-0.15, -0.1) is 0 Å². The molecule has 1 aromatic rings. The summed E-state index contributed by atoms with van der Waals surface area (Å²) in [4.78, 5) is 23.2. The van der Waals surface area contributed by atoms with E-state index in [0.717, 1.165) is 0 Å². The van der Waals surface area contributed by atoms with Gasteiger partial charge in [-0.25, -0.2) is 13.6 Å². The summed E-state index contributed by atoms with van der Waals surface area (Å²) in [5.74, 6) is -1.51. The van der Waals surface area contributed by atoms with Crippen molar-refractivity contribution in [2.75, 3.05) is 7.11 Å². The molecule has 5 nitrogen and oxygen atoms in total. The number of carboxylic acid groups (broad SMARTS) is 1. The van der Waals surface area contributed by atoms with Gasteiger partial charge in [0.1, 0.15) is 11.8 Å². The number of benzene rings is 1. The third kappa shape index (κ3) is 4.41. The van der Waals surface area contributed by atoms with Crippen molar-refractivity contribution < 1.29 is 28.2 Å². The first-order valence-corrected chi connectivity index (χ1v) is 6.65. The van der Waals surface area contributed by atoms with Crippen molar-refractivity contribution in [3.05, 3.63) is 29.8 Å². The van der Waals surface area contributed by atoms with E-state index in [9.17, 15) is 18.4 Å². The molecule has 0 aliphatic carbocycles. The molecule has 1 atom stereocenters. The van der Waals surface area contributed by atoms with Gasteiger partial charge in [0, 0.05) is 6.42 Å². The van der Waals surface area contributed by atoms with Gasteiger partial charge in [-0.2, -0.15) is 0 Å². The minimum Gasteiger partial charge on any atom is -0.497 e. The van der Waals surface area contributed by atoms with Crippen LogP contribution in [0.3, 0.4) is 0 Å². The van der Waals surface area contributed by atoms with E-state index in [4.69, 9.17) is 9.84 Å². The average molecular weight is 315 g/mol. The van der Waals surface area contributed by atoms with E-state index in [-0.39, 0.29) is 0 Å². The van der Waals surface area contributed by atoms with Gasteiger partial charge in [-0.1, -0.05) is 12.1 Å². The van der Waals surface area contributed by atoms with E-state index in [2.05, 4.69) is 5.32 Å². The third-order valence-corrected chi connectivity index (χ3v) is 3.40. The maximum absolute atomic E-state index is 12.4. The van der Waals surface area contributed by atoms with Crippen LogP contribution in [0.15, 0.2) is 24.3 Å². The smallest absolute Gasteiger partial charge is 0.326 e. The molecule has 0 saturated carbocycles. The predicted octanol–water partition coefficient (Wildman–Crippen LogP) is 2.20. The molecule has 0 fully saturated rings. The van der Waals surface area contributed by atoms with E-state index >= 15 is 0 Å². The highest BCUT2D eigenvalue weighted by molar-refractivity contribution is 5.90. The van der Waals surface area contributed by atoms with Crippen molar-refractivity contribution in [1.82, 2.24) is 5.32 Å². The summed E-state index contributed by atoms with van der Waals surface area (Å²) in [6, 6.07) is 5.05. The molecule has 122 valence electrons. The summed E-state index contributed by atoms with van der Waals surface area (Å²) in [7, 11) is 1.51. The van der Waals surface area contributed by atoms with Gasteiger partial charge in [0.05, 0.1) is 12.5 Å². The van der Waals surface area contributed by atoms with Crippen molar-refractivity contribution in [2.45, 2.75) is 38.2 Å². The normalized spacial score (nSPS) is 12.8. The largest absolute Gasteiger partial charge is 0.497 e. The molecule has 1 rings (SSSR count). The zero-order valence-corrected chi connectivity index (χ0v) is 12.6. The van der Waals surface area contributed by atoms with Crippen LogP contribution in [0.25, 0.3) is 0 Å². The Morgan fingerprint density at radius 2 is 1.82 bits per heavy atom. The topological polar surface area (TPSA) is 75.6 Å². The minimum atomic E-state index is -2.81. The number of nitrogens with one attached hydrogen (secondary N) is 1. The SMILES string of the molecule is COc1ccc(C(C)(C)C(=O)NC(CC(F)F)C(=O)O)cc1. The number of rotatable bonds is 7. The first kappa shape index (κ1) is 17.9. The summed E-state index contributed by atoms with van der Waals surface area (Å²) in [5, 5.41) is 11.1. The molecular weight excluding hydrogens is 296 g/mol. The Labute approximate surface area is 127 Å². The van der Waals surface area contributed by atoms with Crippen LogP contribution in [0.2, 0.25) is 0 Å². The van der Waals surface area contributed by atoms with Crippen LogP contribution < -0.4 is 10.1 Å². The van der Waals surface area contributed by atoms with Gasteiger partial charge in [-0.05, 0) is 31.5 Å². The number of alkyl halides is 2. The fourth-order valence-electron chi connectivity index (χ4n) is 1.88. The highest BCUT2D eigenvalue weighted by atomic mass is 19.3. The Kier molecular flexibility index (Phi) is 5.84. The first-order chi connectivity index (χ1) is 10.2. The fourth-order valence-corrected chi connectivity index (χ4v) is 1.88. The molecule has 0 spiro atoms. The van der Waals surface area contributed by atoms with E-state index in [0.29, 0.717) is 11.3 Å². The maximum atomic E-state index is 12.4. The van der Waals surface area contributed by atoms with Gasteiger partial charge >= 0.3 is 5.97 Å². The number of hydrogen-bond donors (Lipinski definition) is 2. The molecule has 1 aromatic carbocycles. The second-order valence-electron chi connectivity index (χ2n) is 5.34. The molecule has 0 heterocycles. The number of carbonyl (C=O) groups excluding carboxylic acids is 1. The first-order valence-electron chi connectivity index (χ1n) is 6.65. The van der Waals surface area contributed by atoms with Crippen molar-refractivity contribution in [2.24, 2.45) is 0 Å². The number of methoxy groups -OCH3 is 1. The molecule has 1 amide bonds. The molecule has 0 aliphatic rings. The Bertz CT molecular complexity index is 529. The standard InChI is InChI=1S/C15H19F2NO4/c1-15(2,9-4-6-10(22-3)7-5-9)14(21)18-11(13(19)20)8-12(16)17/h4-7,11-12H,8H2,1-3H3,(H,18,21)(H,19,20). The molecular formula is C15H19F2NO4. The molecule has 0 saturated heterocycles. The number of hydrogen-bond acceptors (Lipinski definition) is 3. The number of amides is 1. The maximum Gasteiger partial charge on any atom is 0.326 e. The summed E-state index contributed by atoms with van der Waals surface area (Å²) < 4.78 is 29.8. The van der Waals surface area contributed by atoms with E-state index in [1.165, 1.54) is 7.11 Å². The Morgan fingerprint density at radius 3 is 2.23 bits per heavy atom. The fraction of sp³-hybridized carbons (Fsp3) is 0.467. The third-order valence-electron chi connectivity index (χ3n) is 3.40. The van der Waals surface area contributed by atoms with E-state index in [1.54, 1.807) is 38.1 Å². The lowest BCUT2D eigenvalue weighted by molar-refractivity contribution is -0.143. The Morgan fingerprint density at radius 1 is 1.27 bits per heavy atom. The lowest BCUT2D eigenvalue weighted by Gasteiger charge is -2.26. The Hall–Kier alpha value is -2.18. The van der Waals surface area contributed by atoms with Crippen molar-refractivity contribution in [3.8, 4) is 5.75 Å². The second-order valence-corrected chi connectivity index (χ2v) is 5.34. The highest BCUT2D eigenvalue weighted by Crippen LogP contribution is 2.26. The van der Waals surface area contributed by atoms with Gasteiger partial charge in [0.15, 0.2) is 0 Å². The molecule has 0 aromatic heterocycles. The molecule has 2 N–H and O–H groups in total. The van der Waals surface area contributed by atoms with Crippen LogP contribution in [0.5, 0.6) is 5.75 Å². The number of carboxylic acids is 1. The second kappa shape index (κ2) is 7.20. The number of halogens is 2. The zero-order chi connectivity index (χ0) is 16.9. The van der Waals surface area contributed by atoms with Crippen molar-refractivity contribution in [3.63, 3.8) is 0 Å². The van der Waals surface area contributed by atoms with Crippen LogP contribution in [-0.2, 0) is 15.0 Å². The lowest BCUT2D eigenvalue weighted by atomic mass is 9.83. The highest BCUT2D eigenvalue weighted by Gasteiger charge is 2.34. The van der Waals surface area contributed by atoms with Crippen LogP contribution >= 0.6 is 0 Å². The lowest BCUT2D eigenvalue weighted by Crippen LogP contribution is -2.49. The van der Waals surface area contributed by atoms with Gasteiger partial charge in [0.2, 0.25) is 12.3 Å². The molecule has 1 unspecified atom stereocenters. The van der Waals surface area contributed by atoms with Crippen LogP contribution in [0.4, 0.5) is 8.78 Å². The van der Waals surface area contributed by atoms with E-state index in [1.807, 2.05) is 0 Å². The van der Waals surface area contributed by atoms with Crippen molar-refractivity contribution >= 4 is 11.9 Å². The van der Waals surface area contributed by atoms with Crippen LogP contribution in [0, 0.1) is 0 Å². The number of carbonyl (C=O) groups is 2. The zero-order valence-electron chi connectivity index (χ0n) is 12.6. The van der Waals surface area contributed by atoms with Gasteiger partial charge < -0.3 is 15.2 Å². The summed E-state index contributed by atoms with van der Waals surface area (Å²) in [6.45, 7) is 3.18. The molecule has 0 bridgehead atoms. The van der Waals surface area contributed by atoms with Gasteiger partial charge in [-0.3, -0.25) is 4.79 Å². The number of ether oxygens (including phenoxy) is 1. The quantitative estimate of drug-likeness (QED) is 0.809. The molecule has 7 heteroatoms. The van der Waals surface area contributed by atoms with Gasteiger partial charge in [0.25, 0.3) is 0 Å². The summed E-state index contributed by atoms with van der Waals surface area (Å²) in [5.41, 5.74) is -0.450. The molecule has 22 heavy (non-hydrogen) atoms. The average Bonchev–Trinajstić information content (AvgIpc) is 2.45. The predicted molar refractivity (Wildman–Crippen MR) is 76.2 cm³/mol. The minimum absolute atomic E-state index is 0.612. The van der Waals surface area contributed by atoms with Crippen LogP contribution in [0.1, 0.15) is 25.8 Å². The van der Waals surface area contributed by atoms with Crippen LogP contribution in [-0.4, -0.2) is 36.6 Å².